The van der Waals surface area contributed by atoms with Gasteiger partial charge in [0.2, 0.25) is 11.8 Å². The second kappa shape index (κ2) is 10.9. The highest BCUT2D eigenvalue weighted by Gasteiger charge is 2.29. The van der Waals surface area contributed by atoms with E-state index < -0.39 is 0 Å². The molecule has 152 valence electrons. The second-order valence-corrected chi connectivity index (χ2v) is 7.34. The SMILES string of the molecule is Cl.Cl.NC(=O)C1CCCN1Cc1cccc(NC(=O)C2CCCC(N)C2)c1. The summed E-state index contributed by atoms with van der Waals surface area (Å²) in [7, 11) is 0. The summed E-state index contributed by atoms with van der Waals surface area (Å²) in [6.45, 7) is 1.55. The average molecular weight is 417 g/mol. The lowest BCUT2D eigenvalue weighted by Crippen LogP contribution is -2.39. The molecule has 1 saturated carbocycles. The monoisotopic (exact) mass is 416 g/mol. The van der Waals surface area contributed by atoms with Crippen molar-refractivity contribution >= 4 is 42.3 Å². The zero-order valence-electron chi connectivity index (χ0n) is 15.4. The van der Waals surface area contributed by atoms with E-state index in [1.807, 2.05) is 24.3 Å². The van der Waals surface area contributed by atoms with Crippen LogP contribution in [-0.2, 0) is 16.1 Å². The van der Waals surface area contributed by atoms with Crippen LogP contribution in [0.1, 0.15) is 44.1 Å². The number of hydrogen-bond donors (Lipinski definition) is 3. The van der Waals surface area contributed by atoms with Crippen LogP contribution in [0.2, 0.25) is 0 Å². The van der Waals surface area contributed by atoms with E-state index in [0.29, 0.717) is 6.54 Å². The van der Waals surface area contributed by atoms with Crippen molar-refractivity contribution in [1.82, 2.24) is 4.90 Å². The lowest BCUT2D eigenvalue weighted by atomic mass is 9.85. The van der Waals surface area contributed by atoms with Crippen molar-refractivity contribution in [1.29, 1.82) is 0 Å². The third-order valence-corrected chi connectivity index (χ3v) is 5.36. The Kier molecular flexibility index (Phi) is 9.53. The first-order valence-corrected chi connectivity index (χ1v) is 9.21. The Bertz CT molecular complexity index is 644. The number of nitrogens with zero attached hydrogens (tertiary/aromatic N) is 1. The molecule has 27 heavy (non-hydrogen) atoms. The molecule has 0 spiro atoms. The molecule has 1 aromatic rings. The number of carbonyl (C=O) groups excluding carboxylic acids is 2. The van der Waals surface area contributed by atoms with Crippen LogP contribution >= 0.6 is 24.8 Å². The molecule has 3 rings (SSSR count). The van der Waals surface area contributed by atoms with E-state index in [2.05, 4.69) is 10.2 Å². The number of anilines is 1. The molecule has 6 nitrogen and oxygen atoms in total. The Labute approximate surface area is 173 Å². The third-order valence-electron chi connectivity index (χ3n) is 5.36. The quantitative estimate of drug-likeness (QED) is 0.685. The van der Waals surface area contributed by atoms with Crippen LogP contribution in [0.15, 0.2) is 24.3 Å². The molecule has 1 aromatic carbocycles. The average Bonchev–Trinajstić information content (AvgIpc) is 3.03. The zero-order chi connectivity index (χ0) is 17.8. The highest BCUT2D eigenvalue weighted by molar-refractivity contribution is 5.92. The van der Waals surface area contributed by atoms with E-state index in [9.17, 15) is 9.59 Å². The lowest BCUT2D eigenvalue weighted by Gasteiger charge is -2.26. The van der Waals surface area contributed by atoms with Crippen molar-refractivity contribution < 1.29 is 9.59 Å². The van der Waals surface area contributed by atoms with Crippen molar-refractivity contribution in [2.75, 3.05) is 11.9 Å². The topological polar surface area (TPSA) is 101 Å². The molecule has 1 aliphatic heterocycles. The highest BCUT2D eigenvalue weighted by atomic mass is 35.5. The maximum absolute atomic E-state index is 12.5. The summed E-state index contributed by atoms with van der Waals surface area (Å²) < 4.78 is 0. The molecule has 2 aliphatic rings. The number of amides is 2. The first kappa shape index (κ1) is 23.7. The summed E-state index contributed by atoms with van der Waals surface area (Å²) in [6.07, 6.45) is 5.52. The van der Waals surface area contributed by atoms with E-state index in [1.165, 1.54) is 0 Å². The summed E-state index contributed by atoms with van der Waals surface area (Å²) in [4.78, 5) is 26.1. The van der Waals surface area contributed by atoms with Gasteiger partial charge in [0.05, 0.1) is 6.04 Å². The molecule has 3 unspecified atom stereocenters. The van der Waals surface area contributed by atoms with Crippen molar-refractivity contribution in [3.63, 3.8) is 0 Å². The van der Waals surface area contributed by atoms with Gasteiger partial charge in [-0.15, -0.1) is 24.8 Å². The number of rotatable bonds is 5. The maximum atomic E-state index is 12.5. The fourth-order valence-electron chi connectivity index (χ4n) is 4.03. The molecule has 1 saturated heterocycles. The Morgan fingerprint density at radius 1 is 1.15 bits per heavy atom. The van der Waals surface area contributed by atoms with Crippen molar-refractivity contribution in [2.45, 2.75) is 57.2 Å². The van der Waals surface area contributed by atoms with Gasteiger partial charge in [-0.1, -0.05) is 18.6 Å². The number of halogens is 2. The normalized spacial score (nSPS) is 25.1. The van der Waals surface area contributed by atoms with Crippen LogP contribution in [-0.4, -0.2) is 35.3 Å². The fourth-order valence-corrected chi connectivity index (χ4v) is 4.03. The number of likely N-dealkylation sites (tertiary alicyclic amines) is 1. The van der Waals surface area contributed by atoms with Crippen LogP contribution < -0.4 is 16.8 Å². The predicted molar refractivity (Wildman–Crippen MR) is 112 cm³/mol. The predicted octanol–water partition coefficient (Wildman–Crippen LogP) is 2.44. The number of nitrogens with two attached hydrogens (primary N) is 2. The fraction of sp³-hybridized carbons (Fsp3) is 0.579. The Balaban J connectivity index is 0.00000182. The molecule has 1 heterocycles. The summed E-state index contributed by atoms with van der Waals surface area (Å²) in [5, 5.41) is 3.03. The van der Waals surface area contributed by atoms with E-state index in [0.717, 1.165) is 56.3 Å². The molecule has 2 amide bonds. The number of primary amides is 1. The van der Waals surface area contributed by atoms with E-state index in [1.54, 1.807) is 0 Å². The summed E-state index contributed by atoms with van der Waals surface area (Å²) >= 11 is 0. The van der Waals surface area contributed by atoms with Gasteiger partial charge in [-0.3, -0.25) is 14.5 Å². The Hall–Kier alpha value is -1.34. The smallest absolute Gasteiger partial charge is 0.234 e. The summed E-state index contributed by atoms with van der Waals surface area (Å²) in [5.74, 6) is -0.190. The third kappa shape index (κ3) is 6.35. The number of nitrogens with one attached hydrogen (secondary N) is 1. The van der Waals surface area contributed by atoms with Gasteiger partial charge in [-0.05, 0) is 56.3 Å². The van der Waals surface area contributed by atoms with Gasteiger partial charge < -0.3 is 16.8 Å². The highest BCUT2D eigenvalue weighted by Crippen LogP contribution is 2.25. The Morgan fingerprint density at radius 3 is 2.63 bits per heavy atom. The van der Waals surface area contributed by atoms with Gasteiger partial charge >= 0.3 is 0 Å². The largest absolute Gasteiger partial charge is 0.368 e. The molecule has 2 fully saturated rings. The number of carbonyl (C=O) groups is 2. The van der Waals surface area contributed by atoms with Gasteiger partial charge in [0, 0.05) is 24.2 Å². The minimum absolute atomic E-state index is 0. The molecule has 0 radical (unpaired) electrons. The van der Waals surface area contributed by atoms with Crippen molar-refractivity contribution in [2.24, 2.45) is 17.4 Å². The zero-order valence-corrected chi connectivity index (χ0v) is 17.1. The Morgan fingerprint density at radius 2 is 1.93 bits per heavy atom. The van der Waals surface area contributed by atoms with Gasteiger partial charge in [-0.25, -0.2) is 0 Å². The molecular weight excluding hydrogens is 387 g/mol. The van der Waals surface area contributed by atoms with Crippen LogP contribution in [0.5, 0.6) is 0 Å². The summed E-state index contributed by atoms with van der Waals surface area (Å²) in [5.41, 5.74) is 13.3. The van der Waals surface area contributed by atoms with Gasteiger partial charge in [0.25, 0.3) is 0 Å². The minimum Gasteiger partial charge on any atom is -0.368 e. The van der Waals surface area contributed by atoms with Crippen LogP contribution in [0.3, 0.4) is 0 Å². The summed E-state index contributed by atoms with van der Waals surface area (Å²) in [6, 6.07) is 7.80. The van der Waals surface area contributed by atoms with Crippen molar-refractivity contribution in [3.05, 3.63) is 29.8 Å². The first-order chi connectivity index (χ1) is 12.0. The maximum Gasteiger partial charge on any atom is 0.234 e. The molecule has 3 atom stereocenters. The van der Waals surface area contributed by atoms with Crippen molar-refractivity contribution in [3.8, 4) is 0 Å². The minimum atomic E-state index is -0.254. The first-order valence-electron chi connectivity index (χ1n) is 9.21. The van der Waals surface area contributed by atoms with E-state index >= 15 is 0 Å². The van der Waals surface area contributed by atoms with Crippen LogP contribution in [0.25, 0.3) is 0 Å². The van der Waals surface area contributed by atoms with Crippen LogP contribution in [0.4, 0.5) is 5.69 Å². The number of benzene rings is 1. The molecular formula is C19H30Cl2N4O2. The molecule has 8 heteroatoms. The van der Waals surface area contributed by atoms with Crippen LogP contribution in [0, 0.1) is 5.92 Å². The molecule has 5 N–H and O–H groups in total. The standard InChI is InChI=1S/C19H28N4O2.2ClH/c20-15-6-2-5-14(11-15)19(25)22-16-7-1-4-13(10-16)12-23-9-3-8-17(23)18(21)24;;/h1,4,7,10,14-15,17H,2-3,5-6,8-9,11-12,20H2,(H2,21,24)(H,22,25);2*1H. The number of hydrogen-bond acceptors (Lipinski definition) is 4. The molecule has 0 aromatic heterocycles. The molecule has 1 aliphatic carbocycles. The van der Waals surface area contributed by atoms with E-state index in [-0.39, 0.29) is 54.6 Å². The van der Waals surface area contributed by atoms with Gasteiger partial charge in [-0.2, -0.15) is 0 Å². The van der Waals surface area contributed by atoms with E-state index in [4.69, 9.17) is 11.5 Å². The molecule has 0 bridgehead atoms. The van der Waals surface area contributed by atoms with Gasteiger partial charge in [0.1, 0.15) is 0 Å². The lowest BCUT2D eigenvalue weighted by molar-refractivity contribution is -0.122. The second-order valence-electron chi connectivity index (χ2n) is 7.34. The van der Waals surface area contributed by atoms with Gasteiger partial charge in [0.15, 0.2) is 0 Å².